The van der Waals surface area contributed by atoms with Gasteiger partial charge in [0.1, 0.15) is 5.82 Å². The molecular formula is C16H12F3N3O. The monoisotopic (exact) mass is 320 g/mol. The Kier molecular flexibility index (Phi) is 3.91. The summed E-state index contributed by atoms with van der Waals surface area (Å²) in [5.41, 5.74) is 1.88. The van der Waals surface area contributed by atoms with Gasteiger partial charge < -0.3 is 9.73 Å². The molecular weight excluding hydrogens is 307 g/mol. The highest BCUT2D eigenvalue weighted by Gasteiger charge is 2.16. The Morgan fingerprint density at radius 3 is 2.35 bits per heavy atom. The second-order valence-electron chi connectivity index (χ2n) is 4.74. The fourth-order valence-electron chi connectivity index (χ4n) is 1.92. The Balaban J connectivity index is 1.70. The van der Waals surface area contributed by atoms with Gasteiger partial charge in [-0.05, 0) is 42.0 Å². The molecule has 4 nitrogen and oxygen atoms in total. The summed E-state index contributed by atoms with van der Waals surface area (Å²) in [6.07, 6.45) is -2.81. The lowest BCUT2D eigenvalue weighted by molar-refractivity contribution is 0.116. The Morgan fingerprint density at radius 1 is 1.04 bits per heavy atom. The third-order valence-electron chi connectivity index (χ3n) is 3.10. The van der Waals surface area contributed by atoms with Crippen LogP contribution in [0.15, 0.2) is 52.9 Å². The van der Waals surface area contributed by atoms with Crippen LogP contribution in [0.3, 0.4) is 0 Å². The minimum atomic E-state index is -2.81. The number of anilines is 1. The van der Waals surface area contributed by atoms with E-state index < -0.39 is 12.3 Å². The van der Waals surface area contributed by atoms with E-state index in [9.17, 15) is 13.2 Å². The smallest absolute Gasteiger partial charge is 0.314 e. The first kappa shape index (κ1) is 13.8. The summed E-state index contributed by atoms with van der Waals surface area (Å²) in [5, 5.41) is 8.07. The van der Waals surface area contributed by atoms with Gasteiger partial charge in [0.15, 0.2) is 1.41 Å². The van der Waals surface area contributed by atoms with E-state index in [0.717, 1.165) is 5.56 Å². The van der Waals surface area contributed by atoms with Gasteiger partial charge in [-0.3, -0.25) is 0 Å². The number of halogens is 3. The van der Waals surface area contributed by atoms with Crippen molar-refractivity contribution in [3.63, 3.8) is 0 Å². The summed E-state index contributed by atoms with van der Waals surface area (Å²) in [6.45, 7) is 0.276. The van der Waals surface area contributed by atoms with Crippen molar-refractivity contribution in [2.24, 2.45) is 0 Å². The number of alkyl halides is 2. The van der Waals surface area contributed by atoms with Crippen molar-refractivity contribution in [3.05, 3.63) is 65.8 Å². The maximum absolute atomic E-state index is 12.9. The number of benzene rings is 2. The second-order valence-corrected chi connectivity index (χ2v) is 4.74. The highest BCUT2D eigenvalue weighted by Crippen LogP contribution is 2.23. The number of aromatic nitrogens is 2. The van der Waals surface area contributed by atoms with Crippen molar-refractivity contribution < 1.29 is 19.0 Å². The van der Waals surface area contributed by atoms with Gasteiger partial charge in [0.2, 0.25) is 5.89 Å². The maximum atomic E-state index is 12.9. The summed E-state index contributed by atoms with van der Waals surface area (Å²) in [6, 6.07) is 12.4. The number of nitrogens with zero attached hydrogens (tertiary/aromatic N) is 2. The molecule has 3 aromatic rings. The fourth-order valence-corrected chi connectivity index (χ4v) is 1.92. The van der Waals surface area contributed by atoms with Gasteiger partial charge in [0.25, 0.3) is 5.89 Å². The van der Waals surface area contributed by atoms with Gasteiger partial charge in [-0.25, -0.2) is 4.39 Å². The molecule has 3 rings (SSSR count). The molecule has 118 valence electrons. The van der Waals surface area contributed by atoms with Crippen molar-refractivity contribution in [1.29, 1.82) is 0 Å². The number of hydrogen-bond acceptors (Lipinski definition) is 4. The average molecular weight is 320 g/mol. The van der Waals surface area contributed by atoms with Crippen LogP contribution in [0.4, 0.5) is 18.9 Å². The zero-order valence-electron chi connectivity index (χ0n) is 12.8. The molecule has 0 atom stereocenters. The number of rotatable bonds is 5. The summed E-state index contributed by atoms with van der Waals surface area (Å²) in [5.74, 6) is -1.07. The van der Waals surface area contributed by atoms with E-state index in [1.807, 2.05) is 0 Å². The Hall–Kier alpha value is -2.83. The summed E-state index contributed by atoms with van der Waals surface area (Å²) in [7, 11) is 0. The first-order valence-corrected chi connectivity index (χ1v) is 6.76. The Labute approximate surface area is 131 Å². The summed E-state index contributed by atoms with van der Waals surface area (Å²) in [4.78, 5) is 0. The molecule has 2 aromatic carbocycles. The SMILES string of the molecule is [2H]N(Cc1ccc(-c2nnc(C(F)F)o2)cc1)c1ccc(F)cc1. The predicted molar refractivity (Wildman–Crippen MR) is 78.4 cm³/mol. The largest absolute Gasteiger partial charge is 0.415 e. The average Bonchev–Trinajstić information content (AvgIpc) is 3.06. The minimum Gasteiger partial charge on any atom is -0.415 e. The molecule has 0 aliphatic rings. The molecule has 0 fully saturated rings. The summed E-state index contributed by atoms with van der Waals surface area (Å²) >= 11 is 0. The van der Waals surface area contributed by atoms with Crippen LogP contribution >= 0.6 is 0 Å². The third kappa shape index (κ3) is 3.68. The third-order valence-corrected chi connectivity index (χ3v) is 3.10. The lowest BCUT2D eigenvalue weighted by Crippen LogP contribution is -1.99. The highest BCUT2D eigenvalue weighted by atomic mass is 19.3. The van der Waals surface area contributed by atoms with Crippen molar-refractivity contribution >= 4 is 5.69 Å². The zero-order chi connectivity index (χ0) is 17.1. The van der Waals surface area contributed by atoms with Crippen LogP contribution in [0, 0.1) is 5.82 Å². The minimum absolute atomic E-state index is 0.0121. The van der Waals surface area contributed by atoms with Crippen LogP contribution in [-0.2, 0) is 6.54 Å². The fraction of sp³-hybridized carbons (Fsp3) is 0.125. The molecule has 1 heterocycles. The van der Waals surface area contributed by atoms with Gasteiger partial charge in [-0.2, -0.15) is 8.78 Å². The van der Waals surface area contributed by atoms with Crippen molar-refractivity contribution in [2.45, 2.75) is 13.0 Å². The maximum Gasteiger partial charge on any atom is 0.314 e. The van der Waals surface area contributed by atoms with Crippen molar-refractivity contribution in [2.75, 3.05) is 5.31 Å². The first-order chi connectivity index (χ1) is 11.5. The molecule has 7 heteroatoms. The van der Waals surface area contributed by atoms with E-state index >= 15 is 0 Å². The topological polar surface area (TPSA) is 51.0 Å². The number of hydrogen-bond donors (Lipinski definition) is 1. The molecule has 23 heavy (non-hydrogen) atoms. The van der Waals surface area contributed by atoms with Crippen LogP contribution < -0.4 is 5.31 Å². The number of nitrogens with one attached hydrogen (secondary N) is 1. The van der Waals surface area contributed by atoms with E-state index in [0.29, 0.717) is 11.3 Å². The quantitative estimate of drug-likeness (QED) is 0.756. The van der Waals surface area contributed by atoms with Crippen molar-refractivity contribution in [3.8, 4) is 11.5 Å². The van der Waals surface area contributed by atoms with Crippen molar-refractivity contribution in [1.82, 2.24) is 10.2 Å². The van der Waals surface area contributed by atoms with Crippen LogP contribution in [0.25, 0.3) is 11.5 Å². The molecule has 1 aromatic heterocycles. The first-order valence-electron chi connectivity index (χ1n) is 7.20. The molecule has 0 aliphatic heterocycles. The summed E-state index contributed by atoms with van der Waals surface area (Å²) < 4.78 is 50.6. The molecule has 0 amide bonds. The van der Waals surface area contributed by atoms with Crippen LogP contribution in [0.2, 0.25) is 1.41 Å². The second kappa shape index (κ2) is 6.51. The molecule has 1 N–H and O–H groups in total. The standard InChI is InChI=1S/C16H12F3N3O/c17-12-5-7-13(8-6-12)20-9-10-1-3-11(4-2-10)15-21-22-16(23-15)14(18)19/h1-8,14,20H,9H2/i/hD. The van der Waals surface area contributed by atoms with E-state index in [1.165, 1.54) is 29.6 Å². The van der Waals surface area contributed by atoms with Gasteiger partial charge in [0.05, 0.1) is 0 Å². The molecule has 0 bridgehead atoms. The molecule has 0 unspecified atom stereocenters. The predicted octanol–water partition coefficient (Wildman–Crippen LogP) is 4.43. The van der Waals surface area contributed by atoms with Crippen LogP contribution in [0.5, 0.6) is 0 Å². The lowest BCUT2D eigenvalue weighted by Gasteiger charge is -2.06. The lowest BCUT2D eigenvalue weighted by atomic mass is 10.1. The van der Waals surface area contributed by atoms with Gasteiger partial charge >= 0.3 is 6.43 Å². The molecule has 0 saturated heterocycles. The molecule has 0 spiro atoms. The van der Waals surface area contributed by atoms with Gasteiger partial charge in [-0.15, -0.1) is 10.2 Å². The van der Waals surface area contributed by atoms with Crippen LogP contribution in [0.1, 0.15) is 17.9 Å². The highest BCUT2D eigenvalue weighted by molar-refractivity contribution is 5.53. The zero-order valence-corrected chi connectivity index (χ0v) is 11.8. The van der Waals surface area contributed by atoms with E-state index in [-0.39, 0.29) is 18.3 Å². The van der Waals surface area contributed by atoms with Gasteiger partial charge in [-0.1, -0.05) is 12.1 Å². The Bertz CT molecular complexity index is 806. The normalized spacial score (nSPS) is 11.6. The van der Waals surface area contributed by atoms with E-state index in [4.69, 9.17) is 5.83 Å². The Morgan fingerprint density at radius 2 is 1.74 bits per heavy atom. The van der Waals surface area contributed by atoms with Gasteiger partial charge in [0, 0.05) is 17.8 Å². The molecule has 0 saturated carbocycles. The van der Waals surface area contributed by atoms with E-state index in [1.54, 1.807) is 24.3 Å². The van der Waals surface area contributed by atoms with E-state index in [2.05, 4.69) is 10.2 Å². The van der Waals surface area contributed by atoms with Crippen LogP contribution in [-0.4, -0.2) is 10.2 Å². The molecule has 0 aliphatic carbocycles. The molecule has 0 radical (unpaired) electrons.